The maximum atomic E-state index is 13.3. The summed E-state index contributed by atoms with van der Waals surface area (Å²) in [5.41, 5.74) is 2.18. The molecular weight excluding hydrogens is 388 g/mol. The summed E-state index contributed by atoms with van der Waals surface area (Å²) in [6.07, 6.45) is 2.50. The minimum Gasteiger partial charge on any atom is -0.355 e. The molecule has 0 saturated heterocycles. The maximum absolute atomic E-state index is 13.3. The molecular formula is C22H21ClN4O2. The van der Waals surface area contributed by atoms with E-state index in [-0.39, 0.29) is 18.0 Å². The number of aromatic nitrogens is 3. The molecule has 0 aliphatic carbocycles. The quantitative estimate of drug-likeness (QED) is 0.530. The number of amides is 1. The lowest BCUT2D eigenvalue weighted by Gasteiger charge is -2.09. The SMILES string of the molecule is CCCNC(=O)Cn1ncc2c3ccccc3n(Cc3cccc(Cl)c3)c2c1=O. The van der Waals surface area contributed by atoms with E-state index in [1.807, 2.05) is 60.0 Å². The van der Waals surface area contributed by atoms with Crippen molar-refractivity contribution in [2.75, 3.05) is 6.54 Å². The van der Waals surface area contributed by atoms with E-state index in [0.717, 1.165) is 28.3 Å². The highest BCUT2D eigenvalue weighted by atomic mass is 35.5. The van der Waals surface area contributed by atoms with Gasteiger partial charge < -0.3 is 9.88 Å². The highest BCUT2D eigenvalue weighted by Crippen LogP contribution is 2.27. The Morgan fingerprint density at radius 3 is 2.76 bits per heavy atom. The topological polar surface area (TPSA) is 68.9 Å². The number of rotatable bonds is 6. The van der Waals surface area contributed by atoms with Crippen LogP contribution in [0.1, 0.15) is 18.9 Å². The maximum Gasteiger partial charge on any atom is 0.291 e. The van der Waals surface area contributed by atoms with Gasteiger partial charge in [-0.2, -0.15) is 5.10 Å². The van der Waals surface area contributed by atoms with Crippen LogP contribution in [0, 0.1) is 0 Å². The predicted octanol–water partition coefficient (Wildman–Crippen LogP) is 3.58. The van der Waals surface area contributed by atoms with E-state index in [4.69, 9.17) is 11.6 Å². The van der Waals surface area contributed by atoms with Crippen molar-refractivity contribution < 1.29 is 4.79 Å². The molecule has 0 atom stereocenters. The minimum absolute atomic E-state index is 0.104. The summed E-state index contributed by atoms with van der Waals surface area (Å²) < 4.78 is 3.20. The van der Waals surface area contributed by atoms with Crippen molar-refractivity contribution in [1.29, 1.82) is 0 Å². The standard InChI is InChI=1S/C22H21ClN4O2/c1-2-10-24-20(28)14-27-22(29)21-18(12-25-27)17-8-3-4-9-19(17)26(21)13-15-6-5-7-16(23)11-15/h3-9,11-12H,2,10,13-14H2,1H3,(H,24,28). The first kappa shape index (κ1) is 19.2. The summed E-state index contributed by atoms with van der Waals surface area (Å²) in [6, 6.07) is 15.4. The Morgan fingerprint density at radius 2 is 1.97 bits per heavy atom. The molecule has 2 heterocycles. The Labute approximate surface area is 172 Å². The predicted molar refractivity (Wildman–Crippen MR) is 115 cm³/mol. The Kier molecular flexibility index (Phi) is 5.36. The molecule has 2 aromatic carbocycles. The zero-order chi connectivity index (χ0) is 20.4. The molecule has 2 aromatic heterocycles. The van der Waals surface area contributed by atoms with Gasteiger partial charge in [0.25, 0.3) is 5.56 Å². The van der Waals surface area contributed by atoms with E-state index in [0.29, 0.717) is 23.6 Å². The van der Waals surface area contributed by atoms with Gasteiger partial charge in [0, 0.05) is 34.4 Å². The van der Waals surface area contributed by atoms with Gasteiger partial charge in [-0.3, -0.25) is 9.59 Å². The Morgan fingerprint density at radius 1 is 1.14 bits per heavy atom. The number of hydrogen-bond acceptors (Lipinski definition) is 3. The fraction of sp³-hybridized carbons (Fsp3) is 0.227. The van der Waals surface area contributed by atoms with Crippen LogP contribution in [0.5, 0.6) is 0 Å². The van der Waals surface area contributed by atoms with Gasteiger partial charge in [0.1, 0.15) is 12.1 Å². The van der Waals surface area contributed by atoms with Gasteiger partial charge in [0.2, 0.25) is 5.91 Å². The number of halogens is 1. The lowest BCUT2D eigenvalue weighted by molar-refractivity contribution is -0.121. The summed E-state index contributed by atoms with van der Waals surface area (Å²) >= 11 is 6.15. The molecule has 4 rings (SSSR count). The molecule has 0 saturated carbocycles. The number of para-hydroxylation sites is 1. The molecule has 0 spiro atoms. The number of hydrogen-bond donors (Lipinski definition) is 1. The van der Waals surface area contributed by atoms with Gasteiger partial charge in [-0.15, -0.1) is 0 Å². The van der Waals surface area contributed by atoms with Crippen molar-refractivity contribution in [1.82, 2.24) is 19.7 Å². The first-order valence-corrected chi connectivity index (χ1v) is 9.94. The van der Waals surface area contributed by atoms with Crippen LogP contribution in [0.25, 0.3) is 21.8 Å². The van der Waals surface area contributed by atoms with Crippen molar-refractivity contribution in [3.8, 4) is 0 Å². The van der Waals surface area contributed by atoms with Crippen molar-refractivity contribution >= 4 is 39.3 Å². The van der Waals surface area contributed by atoms with Gasteiger partial charge >= 0.3 is 0 Å². The van der Waals surface area contributed by atoms with Crippen LogP contribution in [0.15, 0.2) is 59.5 Å². The Balaban J connectivity index is 1.86. The van der Waals surface area contributed by atoms with E-state index in [1.165, 1.54) is 4.68 Å². The summed E-state index contributed by atoms with van der Waals surface area (Å²) in [5.74, 6) is -0.224. The highest BCUT2D eigenvalue weighted by Gasteiger charge is 2.17. The second-order valence-electron chi connectivity index (χ2n) is 6.95. The Bertz CT molecular complexity index is 1260. The van der Waals surface area contributed by atoms with E-state index < -0.39 is 0 Å². The van der Waals surface area contributed by atoms with Gasteiger partial charge in [-0.05, 0) is 30.2 Å². The number of carbonyl (C=O) groups is 1. The van der Waals surface area contributed by atoms with Crippen LogP contribution >= 0.6 is 11.6 Å². The summed E-state index contributed by atoms with van der Waals surface area (Å²) in [7, 11) is 0. The van der Waals surface area contributed by atoms with Crippen molar-refractivity contribution in [2.45, 2.75) is 26.4 Å². The molecule has 4 aromatic rings. The van der Waals surface area contributed by atoms with E-state index in [1.54, 1.807) is 6.20 Å². The Hall–Kier alpha value is -3.12. The lowest BCUT2D eigenvalue weighted by Crippen LogP contribution is -2.34. The smallest absolute Gasteiger partial charge is 0.291 e. The van der Waals surface area contributed by atoms with Crippen LogP contribution in [-0.2, 0) is 17.9 Å². The third-order valence-electron chi connectivity index (χ3n) is 4.87. The number of fused-ring (bicyclic) bond motifs is 3. The molecule has 6 nitrogen and oxygen atoms in total. The van der Waals surface area contributed by atoms with E-state index in [2.05, 4.69) is 10.4 Å². The number of nitrogens with zero attached hydrogens (tertiary/aromatic N) is 3. The average molecular weight is 409 g/mol. The van der Waals surface area contributed by atoms with Crippen LogP contribution in [0.4, 0.5) is 0 Å². The van der Waals surface area contributed by atoms with E-state index in [9.17, 15) is 9.59 Å². The van der Waals surface area contributed by atoms with Crippen LogP contribution in [-0.4, -0.2) is 26.8 Å². The molecule has 0 radical (unpaired) electrons. The molecule has 0 aliphatic rings. The van der Waals surface area contributed by atoms with Crippen molar-refractivity contribution in [3.63, 3.8) is 0 Å². The molecule has 148 valence electrons. The zero-order valence-corrected chi connectivity index (χ0v) is 16.8. The fourth-order valence-electron chi connectivity index (χ4n) is 3.54. The fourth-order valence-corrected chi connectivity index (χ4v) is 3.76. The summed E-state index contributed by atoms with van der Waals surface area (Å²) in [4.78, 5) is 25.4. The summed E-state index contributed by atoms with van der Waals surface area (Å²) in [6.45, 7) is 2.94. The third kappa shape index (κ3) is 3.76. The van der Waals surface area contributed by atoms with E-state index >= 15 is 0 Å². The zero-order valence-electron chi connectivity index (χ0n) is 16.1. The second-order valence-corrected chi connectivity index (χ2v) is 7.39. The molecule has 0 unspecified atom stereocenters. The van der Waals surface area contributed by atoms with Crippen molar-refractivity contribution in [3.05, 3.63) is 75.7 Å². The lowest BCUT2D eigenvalue weighted by atomic mass is 10.2. The van der Waals surface area contributed by atoms with Gasteiger partial charge in [0.05, 0.1) is 6.20 Å². The monoisotopic (exact) mass is 408 g/mol. The molecule has 0 fully saturated rings. The first-order valence-electron chi connectivity index (χ1n) is 9.56. The van der Waals surface area contributed by atoms with Gasteiger partial charge in [-0.25, -0.2) is 4.68 Å². The first-order chi connectivity index (χ1) is 14.1. The normalized spacial score (nSPS) is 11.2. The molecule has 1 N–H and O–H groups in total. The van der Waals surface area contributed by atoms with Gasteiger partial charge in [-0.1, -0.05) is 48.9 Å². The number of benzene rings is 2. The third-order valence-corrected chi connectivity index (χ3v) is 5.10. The van der Waals surface area contributed by atoms with Crippen molar-refractivity contribution in [2.24, 2.45) is 0 Å². The molecule has 0 aliphatic heterocycles. The average Bonchev–Trinajstić information content (AvgIpc) is 3.03. The highest BCUT2D eigenvalue weighted by molar-refractivity contribution is 6.30. The molecule has 1 amide bonds. The van der Waals surface area contributed by atoms with Crippen LogP contribution in [0.3, 0.4) is 0 Å². The molecule has 29 heavy (non-hydrogen) atoms. The number of carbonyl (C=O) groups excluding carboxylic acids is 1. The van der Waals surface area contributed by atoms with Gasteiger partial charge in [0.15, 0.2) is 0 Å². The second kappa shape index (κ2) is 8.09. The molecule has 7 heteroatoms. The largest absolute Gasteiger partial charge is 0.355 e. The summed E-state index contributed by atoms with van der Waals surface area (Å²) in [5, 5.41) is 9.41. The molecule has 0 bridgehead atoms. The van der Waals surface area contributed by atoms with Crippen LogP contribution < -0.4 is 10.9 Å². The van der Waals surface area contributed by atoms with Crippen LogP contribution in [0.2, 0.25) is 5.02 Å². The minimum atomic E-state index is -0.285. The number of nitrogens with one attached hydrogen (secondary N) is 1.